The zero-order valence-corrected chi connectivity index (χ0v) is 14.1. The number of nitrogens with zero attached hydrogens (tertiary/aromatic N) is 1. The van der Waals surface area contributed by atoms with Crippen LogP contribution in [-0.4, -0.2) is 42.0 Å². The lowest BCUT2D eigenvalue weighted by Crippen LogP contribution is -2.54. The summed E-state index contributed by atoms with van der Waals surface area (Å²) >= 11 is 0. The fraction of sp³-hybridized carbons (Fsp3) is 0.941. The SMILES string of the molecule is CC1(C)CCCN(CCCCC(C)(NC2CC2)C(N)=O)C1. The molecule has 1 atom stereocenters. The maximum atomic E-state index is 11.7. The second-order valence-corrected chi connectivity index (χ2v) is 8.12. The minimum absolute atomic E-state index is 0.200. The van der Waals surface area contributed by atoms with Crippen molar-refractivity contribution in [2.45, 2.75) is 77.3 Å². The van der Waals surface area contributed by atoms with E-state index >= 15 is 0 Å². The van der Waals surface area contributed by atoms with Crippen LogP contribution in [0.25, 0.3) is 0 Å². The molecule has 4 heteroatoms. The van der Waals surface area contributed by atoms with Crippen LogP contribution in [0.5, 0.6) is 0 Å². The molecule has 1 saturated heterocycles. The minimum Gasteiger partial charge on any atom is -0.368 e. The molecule has 2 aliphatic rings. The number of unbranched alkanes of at least 4 members (excludes halogenated alkanes) is 1. The van der Waals surface area contributed by atoms with Crippen LogP contribution in [0.3, 0.4) is 0 Å². The van der Waals surface area contributed by atoms with Crippen molar-refractivity contribution in [3.8, 4) is 0 Å². The average molecular weight is 295 g/mol. The summed E-state index contributed by atoms with van der Waals surface area (Å²) in [6, 6.07) is 0.519. The Kier molecular flexibility index (Phi) is 5.31. The van der Waals surface area contributed by atoms with Crippen molar-refractivity contribution in [2.24, 2.45) is 11.1 Å². The van der Waals surface area contributed by atoms with Gasteiger partial charge in [0.2, 0.25) is 5.91 Å². The van der Waals surface area contributed by atoms with Crippen molar-refractivity contribution in [3.63, 3.8) is 0 Å². The number of nitrogens with one attached hydrogen (secondary N) is 1. The molecule has 1 aliphatic carbocycles. The number of piperidine rings is 1. The zero-order valence-electron chi connectivity index (χ0n) is 14.1. The van der Waals surface area contributed by atoms with Crippen molar-refractivity contribution in [3.05, 3.63) is 0 Å². The van der Waals surface area contributed by atoms with E-state index in [0.717, 1.165) is 25.8 Å². The number of hydrogen-bond donors (Lipinski definition) is 2. The molecule has 0 spiro atoms. The molecule has 21 heavy (non-hydrogen) atoms. The Hall–Kier alpha value is -0.610. The number of carbonyl (C=O) groups is 1. The summed E-state index contributed by atoms with van der Waals surface area (Å²) in [5.41, 5.74) is 5.55. The van der Waals surface area contributed by atoms with Crippen molar-refractivity contribution in [2.75, 3.05) is 19.6 Å². The summed E-state index contributed by atoms with van der Waals surface area (Å²) in [5, 5.41) is 3.43. The fourth-order valence-corrected chi connectivity index (χ4v) is 3.49. The summed E-state index contributed by atoms with van der Waals surface area (Å²) in [6.45, 7) is 10.3. The van der Waals surface area contributed by atoms with Crippen LogP contribution >= 0.6 is 0 Å². The highest BCUT2D eigenvalue weighted by Gasteiger charge is 2.36. The van der Waals surface area contributed by atoms with E-state index in [1.807, 2.05) is 6.92 Å². The first-order chi connectivity index (χ1) is 9.81. The number of primary amides is 1. The predicted octanol–water partition coefficient (Wildman–Crippen LogP) is 2.27. The Balaban J connectivity index is 1.69. The van der Waals surface area contributed by atoms with Gasteiger partial charge in [-0.15, -0.1) is 0 Å². The van der Waals surface area contributed by atoms with Gasteiger partial charge < -0.3 is 16.0 Å². The number of hydrogen-bond acceptors (Lipinski definition) is 3. The standard InChI is InChI=1S/C17H33N3O/c1-16(2)9-6-12-20(13-16)11-5-4-10-17(3,15(18)21)19-14-7-8-14/h14,19H,4-13H2,1-3H3,(H2,18,21). The number of amides is 1. The third-order valence-corrected chi connectivity index (χ3v) is 5.02. The molecule has 1 unspecified atom stereocenters. The summed E-state index contributed by atoms with van der Waals surface area (Å²) in [5.74, 6) is -0.200. The lowest BCUT2D eigenvalue weighted by Gasteiger charge is -2.38. The first-order valence-electron chi connectivity index (χ1n) is 8.61. The highest BCUT2D eigenvalue weighted by molar-refractivity contribution is 5.84. The Morgan fingerprint density at radius 3 is 2.67 bits per heavy atom. The van der Waals surface area contributed by atoms with E-state index in [0.29, 0.717) is 11.5 Å². The van der Waals surface area contributed by atoms with Crippen molar-refractivity contribution < 1.29 is 4.79 Å². The van der Waals surface area contributed by atoms with E-state index in [9.17, 15) is 4.79 Å². The molecule has 0 bridgehead atoms. The topological polar surface area (TPSA) is 58.4 Å². The van der Waals surface area contributed by atoms with Crippen molar-refractivity contribution >= 4 is 5.91 Å². The van der Waals surface area contributed by atoms with Gasteiger partial charge in [-0.1, -0.05) is 13.8 Å². The first kappa shape index (κ1) is 16.8. The largest absolute Gasteiger partial charge is 0.368 e. The van der Waals surface area contributed by atoms with Gasteiger partial charge in [-0.05, 0) is 70.4 Å². The number of carbonyl (C=O) groups excluding carboxylic acids is 1. The molecule has 3 N–H and O–H groups in total. The van der Waals surface area contributed by atoms with Gasteiger partial charge in [0, 0.05) is 12.6 Å². The normalized spacial score (nSPS) is 25.5. The Labute approximate surface area is 129 Å². The van der Waals surface area contributed by atoms with E-state index in [4.69, 9.17) is 5.73 Å². The summed E-state index contributed by atoms with van der Waals surface area (Å²) in [6.07, 6.45) is 8.11. The number of rotatable bonds is 8. The van der Waals surface area contributed by atoms with Gasteiger partial charge in [0.05, 0.1) is 5.54 Å². The van der Waals surface area contributed by atoms with Crippen LogP contribution < -0.4 is 11.1 Å². The van der Waals surface area contributed by atoms with Gasteiger partial charge in [-0.25, -0.2) is 0 Å². The minimum atomic E-state index is -0.512. The first-order valence-corrected chi connectivity index (χ1v) is 8.61. The molecule has 122 valence electrons. The molecule has 1 amide bonds. The average Bonchev–Trinajstić information content (AvgIpc) is 3.17. The van der Waals surface area contributed by atoms with Crippen LogP contribution in [0.15, 0.2) is 0 Å². The van der Waals surface area contributed by atoms with E-state index < -0.39 is 5.54 Å². The van der Waals surface area contributed by atoms with Crippen LogP contribution in [0.2, 0.25) is 0 Å². The molecule has 0 radical (unpaired) electrons. The lowest BCUT2D eigenvalue weighted by atomic mass is 9.84. The molecule has 1 saturated carbocycles. The summed E-state index contributed by atoms with van der Waals surface area (Å²) in [4.78, 5) is 14.3. The third kappa shape index (κ3) is 5.26. The molecular weight excluding hydrogens is 262 g/mol. The molecular formula is C17H33N3O. The smallest absolute Gasteiger partial charge is 0.237 e. The maximum Gasteiger partial charge on any atom is 0.237 e. The van der Waals surface area contributed by atoms with Gasteiger partial charge >= 0.3 is 0 Å². The summed E-state index contributed by atoms with van der Waals surface area (Å²) < 4.78 is 0. The van der Waals surface area contributed by atoms with Gasteiger partial charge in [-0.2, -0.15) is 0 Å². The maximum absolute atomic E-state index is 11.7. The molecule has 2 rings (SSSR count). The van der Waals surface area contributed by atoms with Gasteiger partial charge in [0.15, 0.2) is 0 Å². The van der Waals surface area contributed by atoms with Gasteiger partial charge in [0.1, 0.15) is 0 Å². The Morgan fingerprint density at radius 1 is 1.38 bits per heavy atom. The number of nitrogens with two attached hydrogens (primary N) is 1. The molecule has 0 aromatic heterocycles. The zero-order chi connectivity index (χ0) is 15.5. The van der Waals surface area contributed by atoms with E-state index in [-0.39, 0.29) is 5.91 Å². The van der Waals surface area contributed by atoms with E-state index in [1.54, 1.807) is 0 Å². The lowest BCUT2D eigenvalue weighted by molar-refractivity contribution is -0.124. The molecule has 0 aromatic carbocycles. The highest BCUT2D eigenvalue weighted by Crippen LogP contribution is 2.29. The van der Waals surface area contributed by atoms with Crippen LogP contribution in [0.1, 0.15) is 65.7 Å². The van der Waals surface area contributed by atoms with E-state index in [1.165, 1.54) is 38.8 Å². The fourth-order valence-electron chi connectivity index (χ4n) is 3.49. The van der Waals surface area contributed by atoms with E-state index in [2.05, 4.69) is 24.1 Å². The van der Waals surface area contributed by atoms with Gasteiger partial charge in [-0.3, -0.25) is 4.79 Å². The Bertz CT molecular complexity index is 365. The molecule has 4 nitrogen and oxygen atoms in total. The third-order valence-electron chi connectivity index (χ3n) is 5.02. The van der Waals surface area contributed by atoms with Crippen molar-refractivity contribution in [1.82, 2.24) is 10.2 Å². The summed E-state index contributed by atoms with van der Waals surface area (Å²) in [7, 11) is 0. The molecule has 0 aromatic rings. The Morgan fingerprint density at radius 2 is 2.10 bits per heavy atom. The molecule has 1 heterocycles. The van der Waals surface area contributed by atoms with Gasteiger partial charge in [0.25, 0.3) is 0 Å². The quantitative estimate of drug-likeness (QED) is 0.675. The van der Waals surface area contributed by atoms with Crippen LogP contribution in [-0.2, 0) is 4.79 Å². The second-order valence-electron chi connectivity index (χ2n) is 8.12. The highest BCUT2D eigenvalue weighted by atomic mass is 16.1. The molecule has 1 aliphatic heterocycles. The van der Waals surface area contributed by atoms with Crippen LogP contribution in [0, 0.1) is 5.41 Å². The number of likely N-dealkylation sites (tertiary alicyclic amines) is 1. The molecule has 2 fully saturated rings. The monoisotopic (exact) mass is 295 g/mol. The van der Waals surface area contributed by atoms with Crippen LogP contribution in [0.4, 0.5) is 0 Å². The van der Waals surface area contributed by atoms with Crippen molar-refractivity contribution in [1.29, 1.82) is 0 Å². The second kappa shape index (κ2) is 6.66. The predicted molar refractivity (Wildman–Crippen MR) is 87.1 cm³/mol.